The number of hydrogen-bond acceptors (Lipinski definition) is 4. The quantitative estimate of drug-likeness (QED) is 0.891. The second-order valence-corrected chi connectivity index (χ2v) is 7.82. The van der Waals surface area contributed by atoms with E-state index in [0.717, 1.165) is 18.2 Å². The lowest BCUT2D eigenvalue weighted by molar-refractivity contribution is 0.166. The van der Waals surface area contributed by atoms with Gasteiger partial charge in [-0.3, -0.25) is 0 Å². The summed E-state index contributed by atoms with van der Waals surface area (Å²) in [7, 11) is 0. The van der Waals surface area contributed by atoms with Gasteiger partial charge in [0.1, 0.15) is 0 Å². The van der Waals surface area contributed by atoms with Gasteiger partial charge in [-0.05, 0) is 42.9 Å². The van der Waals surface area contributed by atoms with Gasteiger partial charge in [-0.1, -0.05) is 46.2 Å². The van der Waals surface area contributed by atoms with Crippen LogP contribution in [0.2, 0.25) is 0 Å². The van der Waals surface area contributed by atoms with E-state index < -0.39 is 0 Å². The third-order valence-corrected chi connectivity index (χ3v) is 5.32. The summed E-state index contributed by atoms with van der Waals surface area (Å²) in [5, 5.41) is 4.20. The zero-order valence-electron chi connectivity index (χ0n) is 14.2. The predicted octanol–water partition coefficient (Wildman–Crippen LogP) is 4.44. The van der Waals surface area contributed by atoms with Crippen molar-refractivity contribution in [2.45, 2.75) is 78.7 Å². The van der Waals surface area contributed by atoms with Crippen molar-refractivity contribution in [3.05, 3.63) is 11.7 Å². The molecule has 1 aliphatic carbocycles. The Kier molecular flexibility index (Phi) is 5.07. The Morgan fingerprint density at radius 2 is 1.86 bits per heavy atom. The summed E-state index contributed by atoms with van der Waals surface area (Å²) in [6.07, 6.45) is 5.87. The SMILES string of the molecule is CC[C@H](C)[C@H](N)c1nc(C2CCC(C(C)(C)C)CC2)no1. The number of aromatic nitrogens is 2. The molecule has 1 saturated carbocycles. The number of rotatable bonds is 4. The van der Waals surface area contributed by atoms with Gasteiger partial charge in [0.25, 0.3) is 0 Å². The van der Waals surface area contributed by atoms with E-state index in [4.69, 9.17) is 10.3 Å². The zero-order chi connectivity index (χ0) is 15.6. The Hall–Kier alpha value is -0.900. The average molecular weight is 293 g/mol. The van der Waals surface area contributed by atoms with Gasteiger partial charge in [0, 0.05) is 5.92 Å². The highest BCUT2D eigenvalue weighted by Crippen LogP contribution is 2.42. The lowest BCUT2D eigenvalue weighted by Gasteiger charge is -2.36. The minimum absolute atomic E-state index is 0.137. The van der Waals surface area contributed by atoms with E-state index in [1.54, 1.807) is 0 Å². The molecular formula is C17H31N3O. The molecule has 1 aromatic rings. The largest absolute Gasteiger partial charge is 0.338 e. The van der Waals surface area contributed by atoms with Crippen molar-refractivity contribution in [1.29, 1.82) is 0 Å². The van der Waals surface area contributed by atoms with E-state index in [2.05, 4.69) is 44.8 Å². The van der Waals surface area contributed by atoms with Crippen molar-refractivity contribution in [2.24, 2.45) is 23.0 Å². The summed E-state index contributed by atoms with van der Waals surface area (Å²) in [6, 6.07) is -0.137. The van der Waals surface area contributed by atoms with Crippen molar-refractivity contribution >= 4 is 0 Å². The molecule has 21 heavy (non-hydrogen) atoms. The fourth-order valence-corrected chi connectivity index (χ4v) is 3.26. The standard InChI is InChI=1S/C17H31N3O/c1-6-11(2)14(18)16-19-15(20-21-16)12-7-9-13(10-8-12)17(3,4)5/h11-14H,6-10,18H2,1-5H3/t11-,12?,13?,14-/m0/s1. The lowest BCUT2D eigenvalue weighted by Crippen LogP contribution is -2.25. The molecule has 0 unspecified atom stereocenters. The van der Waals surface area contributed by atoms with Crippen LogP contribution in [0.3, 0.4) is 0 Å². The first-order valence-electron chi connectivity index (χ1n) is 8.42. The monoisotopic (exact) mass is 293 g/mol. The highest BCUT2D eigenvalue weighted by molar-refractivity contribution is 5.01. The van der Waals surface area contributed by atoms with E-state index in [1.807, 2.05) is 0 Å². The lowest BCUT2D eigenvalue weighted by atomic mass is 9.70. The van der Waals surface area contributed by atoms with Crippen LogP contribution >= 0.6 is 0 Å². The van der Waals surface area contributed by atoms with E-state index >= 15 is 0 Å². The molecule has 2 N–H and O–H groups in total. The Morgan fingerprint density at radius 1 is 1.24 bits per heavy atom. The smallest absolute Gasteiger partial charge is 0.243 e. The van der Waals surface area contributed by atoms with Crippen LogP contribution < -0.4 is 5.73 Å². The summed E-state index contributed by atoms with van der Waals surface area (Å²) in [6.45, 7) is 11.3. The molecule has 4 nitrogen and oxygen atoms in total. The van der Waals surface area contributed by atoms with E-state index in [9.17, 15) is 0 Å². The molecule has 0 aliphatic heterocycles. The van der Waals surface area contributed by atoms with Crippen LogP contribution in [0, 0.1) is 17.3 Å². The second kappa shape index (κ2) is 6.47. The predicted molar refractivity (Wildman–Crippen MR) is 84.8 cm³/mol. The fourth-order valence-electron chi connectivity index (χ4n) is 3.26. The first kappa shape index (κ1) is 16.5. The minimum Gasteiger partial charge on any atom is -0.338 e. The molecule has 2 rings (SSSR count). The van der Waals surface area contributed by atoms with Crippen LogP contribution in [0.15, 0.2) is 4.52 Å². The van der Waals surface area contributed by atoms with Crippen LogP contribution in [0.1, 0.15) is 90.4 Å². The van der Waals surface area contributed by atoms with Crippen molar-refractivity contribution in [3.8, 4) is 0 Å². The molecule has 0 saturated heterocycles. The molecule has 120 valence electrons. The molecule has 1 aliphatic rings. The molecular weight excluding hydrogens is 262 g/mol. The van der Waals surface area contributed by atoms with Crippen molar-refractivity contribution < 1.29 is 4.52 Å². The molecule has 1 heterocycles. The number of nitrogens with zero attached hydrogens (tertiary/aromatic N) is 2. The van der Waals surface area contributed by atoms with Crippen molar-refractivity contribution in [3.63, 3.8) is 0 Å². The Balaban J connectivity index is 1.97. The summed E-state index contributed by atoms with van der Waals surface area (Å²) < 4.78 is 5.41. The first-order valence-corrected chi connectivity index (χ1v) is 8.42. The maximum atomic E-state index is 6.17. The van der Waals surface area contributed by atoms with Crippen LogP contribution in [-0.2, 0) is 0 Å². The highest BCUT2D eigenvalue weighted by Gasteiger charge is 2.32. The molecule has 0 spiro atoms. The van der Waals surface area contributed by atoms with Crippen molar-refractivity contribution in [2.75, 3.05) is 0 Å². The summed E-state index contributed by atoms with van der Waals surface area (Å²) in [4.78, 5) is 4.59. The molecule has 1 aromatic heterocycles. The summed E-state index contributed by atoms with van der Waals surface area (Å²) >= 11 is 0. The Morgan fingerprint density at radius 3 is 2.38 bits per heavy atom. The minimum atomic E-state index is -0.137. The molecule has 0 bridgehead atoms. The van der Waals surface area contributed by atoms with Crippen LogP contribution in [-0.4, -0.2) is 10.1 Å². The van der Waals surface area contributed by atoms with Gasteiger partial charge in [-0.25, -0.2) is 0 Å². The zero-order valence-corrected chi connectivity index (χ0v) is 14.2. The summed E-state index contributed by atoms with van der Waals surface area (Å²) in [5.74, 6) is 3.11. The van der Waals surface area contributed by atoms with E-state index in [-0.39, 0.29) is 6.04 Å². The van der Waals surface area contributed by atoms with Crippen LogP contribution in [0.5, 0.6) is 0 Å². The third-order valence-electron chi connectivity index (χ3n) is 5.32. The van der Waals surface area contributed by atoms with E-state index in [0.29, 0.717) is 23.1 Å². The van der Waals surface area contributed by atoms with Crippen molar-refractivity contribution in [1.82, 2.24) is 10.1 Å². The molecule has 4 heteroatoms. The van der Waals surface area contributed by atoms with Gasteiger partial charge in [0.15, 0.2) is 5.82 Å². The topological polar surface area (TPSA) is 64.9 Å². The Bertz CT molecular complexity index is 441. The van der Waals surface area contributed by atoms with Gasteiger partial charge in [-0.2, -0.15) is 4.98 Å². The maximum Gasteiger partial charge on any atom is 0.243 e. The first-order chi connectivity index (χ1) is 9.82. The Labute approximate surface area is 128 Å². The normalized spacial score (nSPS) is 26.6. The molecule has 1 fully saturated rings. The molecule has 0 aromatic carbocycles. The second-order valence-electron chi connectivity index (χ2n) is 7.82. The molecule has 0 radical (unpaired) electrons. The van der Waals surface area contributed by atoms with Gasteiger partial charge in [0.2, 0.25) is 5.89 Å². The maximum absolute atomic E-state index is 6.17. The third kappa shape index (κ3) is 3.85. The van der Waals surface area contributed by atoms with Gasteiger partial charge in [-0.15, -0.1) is 0 Å². The van der Waals surface area contributed by atoms with Gasteiger partial charge < -0.3 is 10.3 Å². The number of hydrogen-bond donors (Lipinski definition) is 1. The summed E-state index contributed by atoms with van der Waals surface area (Å²) in [5.41, 5.74) is 6.58. The van der Waals surface area contributed by atoms with Gasteiger partial charge in [0.05, 0.1) is 6.04 Å². The number of nitrogens with two attached hydrogens (primary N) is 1. The fraction of sp³-hybridized carbons (Fsp3) is 0.882. The molecule has 2 atom stereocenters. The molecule has 0 amide bonds. The highest BCUT2D eigenvalue weighted by atomic mass is 16.5. The van der Waals surface area contributed by atoms with Gasteiger partial charge >= 0.3 is 0 Å². The average Bonchev–Trinajstić information content (AvgIpc) is 2.94. The van der Waals surface area contributed by atoms with Crippen LogP contribution in [0.25, 0.3) is 0 Å². The van der Waals surface area contributed by atoms with E-state index in [1.165, 1.54) is 25.7 Å². The van der Waals surface area contributed by atoms with Crippen LogP contribution in [0.4, 0.5) is 0 Å².